The van der Waals surface area contributed by atoms with E-state index in [1.165, 1.54) is 10.8 Å². The molecule has 0 radical (unpaired) electrons. The number of carbonyl (C=O) groups excluding carboxylic acids is 2. The first-order valence-corrected chi connectivity index (χ1v) is 9.88. The largest absolute Gasteiger partial charge is 0.459 e. The van der Waals surface area contributed by atoms with Gasteiger partial charge in [-0.15, -0.1) is 0 Å². The fraction of sp³-hybridized carbons (Fsp3) is 0.381. The van der Waals surface area contributed by atoms with Crippen LogP contribution >= 0.6 is 0 Å². The first-order valence-electron chi connectivity index (χ1n) is 9.88. The van der Waals surface area contributed by atoms with Gasteiger partial charge >= 0.3 is 5.69 Å². The number of imidazole rings is 1. The lowest BCUT2D eigenvalue weighted by Gasteiger charge is -2.31. The Labute approximate surface area is 167 Å². The van der Waals surface area contributed by atoms with Crippen molar-refractivity contribution in [3.05, 3.63) is 58.9 Å². The summed E-state index contributed by atoms with van der Waals surface area (Å²) in [5, 5.41) is 3.01. The van der Waals surface area contributed by atoms with Crippen LogP contribution in [-0.4, -0.2) is 45.0 Å². The number of amides is 2. The highest BCUT2D eigenvalue weighted by molar-refractivity contribution is 5.91. The Bertz CT molecular complexity index is 1070. The third-order valence-electron chi connectivity index (χ3n) is 5.42. The van der Waals surface area contributed by atoms with Gasteiger partial charge in [-0.3, -0.25) is 18.7 Å². The van der Waals surface area contributed by atoms with Gasteiger partial charge in [0.2, 0.25) is 5.91 Å². The van der Waals surface area contributed by atoms with Gasteiger partial charge in [0, 0.05) is 25.7 Å². The molecule has 0 aliphatic carbocycles. The van der Waals surface area contributed by atoms with Gasteiger partial charge in [0.1, 0.15) is 6.54 Å². The number of likely N-dealkylation sites (tertiary alicyclic amines) is 1. The Balaban J connectivity index is 1.38. The molecule has 3 aromatic rings. The van der Waals surface area contributed by atoms with Crippen LogP contribution in [0.2, 0.25) is 0 Å². The lowest BCUT2D eigenvalue weighted by molar-refractivity contribution is -0.122. The zero-order valence-corrected chi connectivity index (χ0v) is 16.3. The molecule has 1 N–H and O–H groups in total. The minimum Gasteiger partial charge on any atom is -0.459 e. The quantitative estimate of drug-likeness (QED) is 0.713. The predicted molar refractivity (Wildman–Crippen MR) is 108 cm³/mol. The van der Waals surface area contributed by atoms with Gasteiger partial charge in [-0.2, -0.15) is 0 Å². The van der Waals surface area contributed by atoms with Crippen LogP contribution in [0.5, 0.6) is 0 Å². The smallest absolute Gasteiger partial charge is 0.329 e. The Morgan fingerprint density at radius 1 is 1.07 bits per heavy atom. The van der Waals surface area contributed by atoms with E-state index in [1.54, 1.807) is 21.6 Å². The van der Waals surface area contributed by atoms with Crippen molar-refractivity contribution in [2.45, 2.75) is 38.9 Å². The summed E-state index contributed by atoms with van der Waals surface area (Å²) in [6.07, 6.45) is 2.82. The van der Waals surface area contributed by atoms with E-state index >= 15 is 0 Å². The van der Waals surface area contributed by atoms with Gasteiger partial charge in [0.25, 0.3) is 5.91 Å². The molecule has 0 unspecified atom stereocenters. The van der Waals surface area contributed by atoms with Crippen LogP contribution in [0.25, 0.3) is 11.0 Å². The van der Waals surface area contributed by atoms with Gasteiger partial charge in [0.05, 0.1) is 17.3 Å². The topological polar surface area (TPSA) is 89.5 Å². The molecule has 3 heterocycles. The van der Waals surface area contributed by atoms with Crippen LogP contribution in [0.1, 0.15) is 30.3 Å². The van der Waals surface area contributed by atoms with Crippen molar-refractivity contribution in [2.75, 3.05) is 13.1 Å². The van der Waals surface area contributed by atoms with E-state index in [-0.39, 0.29) is 30.1 Å². The molecule has 0 spiro atoms. The number of piperidine rings is 1. The number of fused-ring (bicyclic) bond motifs is 1. The molecule has 1 aliphatic rings. The summed E-state index contributed by atoms with van der Waals surface area (Å²) in [5.41, 5.74) is 1.41. The van der Waals surface area contributed by atoms with Crippen molar-refractivity contribution >= 4 is 22.8 Å². The van der Waals surface area contributed by atoms with Crippen molar-refractivity contribution in [2.24, 2.45) is 0 Å². The van der Waals surface area contributed by atoms with E-state index in [4.69, 9.17) is 4.42 Å². The Kier molecular flexibility index (Phi) is 5.24. The highest BCUT2D eigenvalue weighted by Gasteiger charge is 2.26. The van der Waals surface area contributed by atoms with E-state index in [0.29, 0.717) is 38.2 Å². The van der Waals surface area contributed by atoms with Gasteiger partial charge in [-0.05, 0) is 44.0 Å². The third kappa shape index (κ3) is 3.70. The Hall–Kier alpha value is -3.29. The molecule has 8 nitrogen and oxygen atoms in total. The number of aromatic nitrogens is 2. The molecule has 0 atom stereocenters. The van der Waals surface area contributed by atoms with Gasteiger partial charge in [0.15, 0.2) is 5.76 Å². The summed E-state index contributed by atoms with van der Waals surface area (Å²) >= 11 is 0. The average Bonchev–Trinajstić information content (AvgIpc) is 3.36. The molecular weight excluding hydrogens is 372 g/mol. The summed E-state index contributed by atoms with van der Waals surface area (Å²) in [6.45, 7) is 3.56. The van der Waals surface area contributed by atoms with Gasteiger partial charge in [-0.25, -0.2) is 4.79 Å². The SMILES string of the molecule is CCn1c(=O)n(CC(=O)NC2CCN(C(=O)c3ccco3)CC2)c2ccccc21. The van der Waals surface area contributed by atoms with Crippen LogP contribution < -0.4 is 11.0 Å². The predicted octanol–water partition coefficient (Wildman–Crippen LogP) is 1.84. The van der Waals surface area contributed by atoms with Crippen LogP contribution in [0.15, 0.2) is 51.9 Å². The third-order valence-corrected chi connectivity index (χ3v) is 5.42. The van der Waals surface area contributed by atoms with Crippen molar-refractivity contribution in [3.63, 3.8) is 0 Å². The standard InChI is InChI=1S/C21H24N4O4/c1-2-24-16-6-3-4-7-17(16)25(21(24)28)14-19(26)22-15-9-11-23(12-10-15)20(27)18-8-5-13-29-18/h3-8,13,15H,2,9-12,14H2,1H3,(H,22,26). The van der Waals surface area contributed by atoms with Gasteiger partial charge in [-0.1, -0.05) is 12.1 Å². The van der Waals surface area contributed by atoms with Crippen LogP contribution in [-0.2, 0) is 17.9 Å². The maximum atomic E-state index is 12.7. The second-order valence-corrected chi connectivity index (χ2v) is 7.21. The fourth-order valence-corrected chi connectivity index (χ4v) is 3.93. The van der Waals surface area contributed by atoms with E-state index in [0.717, 1.165) is 11.0 Å². The van der Waals surface area contributed by atoms with Crippen molar-refractivity contribution in [3.8, 4) is 0 Å². The molecule has 0 saturated carbocycles. The zero-order valence-electron chi connectivity index (χ0n) is 16.3. The lowest BCUT2D eigenvalue weighted by Crippen LogP contribution is -2.47. The number of aryl methyl sites for hydroxylation is 1. The molecule has 2 aromatic heterocycles. The number of carbonyl (C=O) groups is 2. The first-order chi connectivity index (χ1) is 14.1. The number of furan rings is 1. The maximum Gasteiger partial charge on any atom is 0.329 e. The highest BCUT2D eigenvalue weighted by atomic mass is 16.3. The number of hydrogen-bond donors (Lipinski definition) is 1. The highest BCUT2D eigenvalue weighted by Crippen LogP contribution is 2.15. The second kappa shape index (κ2) is 7.98. The van der Waals surface area contributed by atoms with Crippen LogP contribution in [0.4, 0.5) is 0 Å². The van der Waals surface area contributed by atoms with E-state index in [9.17, 15) is 14.4 Å². The zero-order chi connectivity index (χ0) is 20.4. The molecule has 0 bridgehead atoms. The Morgan fingerprint density at radius 3 is 2.38 bits per heavy atom. The van der Waals surface area contributed by atoms with Crippen LogP contribution in [0, 0.1) is 0 Å². The summed E-state index contributed by atoms with van der Waals surface area (Å²) < 4.78 is 8.35. The van der Waals surface area contributed by atoms with Crippen molar-refractivity contribution in [1.82, 2.24) is 19.4 Å². The number of nitrogens with zero attached hydrogens (tertiary/aromatic N) is 3. The van der Waals surface area contributed by atoms with E-state index in [2.05, 4.69) is 5.32 Å². The lowest BCUT2D eigenvalue weighted by atomic mass is 10.0. The number of benzene rings is 1. The van der Waals surface area contributed by atoms with Gasteiger partial charge < -0.3 is 14.6 Å². The summed E-state index contributed by atoms with van der Waals surface area (Å²) in [6, 6.07) is 10.8. The van der Waals surface area contributed by atoms with Crippen molar-refractivity contribution < 1.29 is 14.0 Å². The number of hydrogen-bond acceptors (Lipinski definition) is 4. The molecular formula is C21H24N4O4. The molecule has 29 heavy (non-hydrogen) atoms. The fourth-order valence-electron chi connectivity index (χ4n) is 3.93. The molecule has 1 saturated heterocycles. The summed E-state index contributed by atoms with van der Waals surface area (Å²) in [7, 11) is 0. The molecule has 8 heteroatoms. The second-order valence-electron chi connectivity index (χ2n) is 7.21. The molecule has 1 aliphatic heterocycles. The summed E-state index contributed by atoms with van der Waals surface area (Å²) in [5.74, 6) is 0.0137. The number of para-hydroxylation sites is 2. The normalized spacial score (nSPS) is 15.0. The number of nitrogens with one attached hydrogen (secondary N) is 1. The van der Waals surface area contributed by atoms with E-state index < -0.39 is 0 Å². The first kappa shape index (κ1) is 19.0. The minimum atomic E-state index is -0.193. The average molecular weight is 396 g/mol. The molecule has 1 fully saturated rings. The molecule has 4 rings (SSSR count). The minimum absolute atomic E-state index is 0.0154. The number of rotatable bonds is 5. The maximum absolute atomic E-state index is 12.7. The molecule has 152 valence electrons. The van der Waals surface area contributed by atoms with Crippen molar-refractivity contribution in [1.29, 1.82) is 0 Å². The summed E-state index contributed by atoms with van der Waals surface area (Å²) in [4.78, 5) is 39.3. The molecule has 2 amide bonds. The van der Waals surface area contributed by atoms with Crippen LogP contribution in [0.3, 0.4) is 0 Å². The Morgan fingerprint density at radius 2 is 1.76 bits per heavy atom. The molecule has 1 aromatic carbocycles. The van der Waals surface area contributed by atoms with E-state index in [1.807, 2.05) is 31.2 Å². The monoisotopic (exact) mass is 396 g/mol.